The summed E-state index contributed by atoms with van der Waals surface area (Å²) in [4.78, 5) is 31.7. The first-order valence-electron chi connectivity index (χ1n) is 12.6. The van der Waals surface area contributed by atoms with Gasteiger partial charge in [0.15, 0.2) is 0 Å². The van der Waals surface area contributed by atoms with Gasteiger partial charge in [0.2, 0.25) is 0 Å². The van der Waals surface area contributed by atoms with Crippen molar-refractivity contribution in [1.29, 1.82) is 0 Å². The smallest absolute Gasteiger partial charge is 0.307 e. The lowest BCUT2D eigenvalue weighted by Gasteiger charge is -2.32. The second-order valence-corrected chi connectivity index (χ2v) is 10.4. The van der Waals surface area contributed by atoms with Gasteiger partial charge in [-0.15, -0.1) is 11.3 Å². The minimum atomic E-state index is -0.284. The summed E-state index contributed by atoms with van der Waals surface area (Å²) in [6.45, 7) is 4.67. The molecule has 2 heterocycles. The number of fused-ring (bicyclic) bond motifs is 1. The van der Waals surface area contributed by atoms with Gasteiger partial charge in [-0.05, 0) is 68.5 Å². The summed E-state index contributed by atoms with van der Waals surface area (Å²) in [5.41, 5.74) is 2.94. The summed E-state index contributed by atoms with van der Waals surface area (Å²) in [5, 5.41) is 5.06. The number of anilines is 1. The Kier molecular flexibility index (Phi) is 8.39. The van der Waals surface area contributed by atoms with Crippen LogP contribution >= 0.6 is 11.3 Å². The van der Waals surface area contributed by atoms with Gasteiger partial charge in [-0.3, -0.25) is 14.6 Å². The van der Waals surface area contributed by atoms with Crippen LogP contribution in [0.2, 0.25) is 0 Å². The van der Waals surface area contributed by atoms with Crippen molar-refractivity contribution < 1.29 is 14.3 Å². The van der Waals surface area contributed by atoms with Gasteiger partial charge < -0.3 is 15.0 Å². The first kappa shape index (κ1) is 25.2. The largest absolute Gasteiger partial charge is 0.466 e. The standard InChI is InChI=1S/C28H35N3O3S/c1-4-34-25(32)15-17-31(3)28(33)21-10-12-22(13-11-21)30-26(20-8-6-5-7-9-20)27-19(2)23-18-29-16-14-24(23)35-27/h10-14,16,18,20,26,30H,4-9,15,17H2,1-3H3. The molecule has 2 aromatic heterocycles. The Morgan fingerprint density at radius 1 is 1.17 bits per heavy atom. The van der Waals surface area contributed by atoms with Gasteiger partial charge in [0.25, 0.3) is 5.91 Å². The molecule has 1 saturated carbocycles. The lowest BCUT2D eigenvalue weighted by molar-refractivity contribution is -0.143. The predicted octanol–water partition coefficient (Wildman–Crippen LogP) is 6.36. The molecule has 1 aliphatic carbocycles. The molecule has 0 saturated heterocycles. The van der Waals surface area contributed by atoms with Crippen molar-refractivity contribution >= 4 is 39.0 Å². The molecule has 186 valence electrons. The van der Waals surface area contributed by atoms with Crippen LogP contribution < -0.4 is 5.32 Å². The van der Waals surface area contributed by atoms with E-state index in [0.717, 1.165) is 5.69 Å². The molecule has 1 aromatic carbocycles. The summed E-state index contributed by atoms with van der Waals surface area (Å²) in [5.74, 6) is 0.198. The summed E-state index contributed by atoms with van der Waals surface area (Å²) in [6.07, 6.45) is 10.4. The fourth-order valence-electron chi connectivity index (χ4n) is 4.94. The lowest BCUT2D eigenvalue weighted by Crippen LogP contribution is -2.29. The molecule has 1 amide bonds. The Hall–Kier alpha value is -2.93. The average molecular weight is 494 g/mol. The third-order valence-electron chi connectivity index (χ3n) is 6.94. The summed E-state index contributed by atoms with van der Waals surface area (Å²) in [6, 6.07) is 10.1. The van der Waals surface area contributed by atoms with E-state index in [1.165, 1.54) is 52.6 Å². The Labute approximate surface area is 211 Å². The molecule has 6 nitrogen and oxygen atoms in total. The van der Waals surface area contributed by atoms with E-state index in [1.807, 2.05) is 48.0 Å². The van der Waals surface area contributed by atoms with Crippen LogP contribution in [0.3, 0.4) is 0 Å². The number of amides is 1. The van der Waals surface area contributed by atoms with Crippen LogP contribution in [0, 0.1) is 12.8 Å². The number of carbonyl (C=O) groups is 2. The average Bonchev–Trinajstić information content (AvgIpc) is 3.22. The quantitative estimate of drug-likeness (QED) is 0.351. The molecule has 3 aromatic rings. The van der Waals surface area contributed by atoms with E-state index in [1.54, 1.807) is 18.9 Å². The molecule has 0 radical (unpaired) electrons. The molecule has 4 rings (SSSR count). The normalized spacial score (nSPS) is 15.1. The van der Waals surface area contributed by atoms with Gasteiger partial charge in [-0.2, -0.15) is 0 Å². The molecule has 7 heteroatoms. The van der Waals surface area contributed by atoms with Crippen molar-refractivity contribution in [2.45, 2.75) is 58.4 Å². The number of hydrogen-bond acceptors (Lipinski definition) is 6. The fraction of sp³-hybridized carbons (Fsp3) is 0.464. The molecule has 1 atom stereocenters. The second-order valence-electron chi connectivity index (χ2n) is 9.34. The Balaban J connectivity index is 1.50. The van der Waals surface area contributed by atoms with Crippen LogP contribution in [0.15, 0.2) is 42.7 Å². The number of thiophene rings is 1. The van der Waals surface area contributed by atoms with Crippen LogP contribution in [-0.4, -0.2) is 42.0 Å². The topological polar surface area (TPSA) is 71.5 Å². The van der Waals surface area contributed by atoms with E-state index in [0.29, 0.717) is 24.6 Å². The van der Waals surface area contributed by atoms with Crippen LogP contribution in [0.4, 0.5) is 5.69 Å². The molecule has 0 aliphatic heterocycles. The number of benzene rings is 1. The van der Waals surface area contributed by atoms with Gasteiger partial charge in [0.05, 0.1) is 19.1 Å². The number of pyridine rings is 1. The van der Waals surface area contributed by atoms with E-state index in [4.69, 9.17) is 4.74 Å². The van der Waals surface area contributed by atoms with Crippen molar-refractivity contribution in [3.8, 4) is 0 Å². The maximum atomic E-state index is 12.8. The number of esters is 1. The Bertz CT molecular complexity index is 1150. The van der Waals surface area contributed by atoms with E-state index >= 15 is 0 Å². The highest BCUT2D eigenvalue weighted by Gasteiger charge is 2.28. The minimum Gasteiger partial charge on any atom is -0.466 e. The molecule has 35 heavy (non-hydrogen) atoms. The molecule has 0 spiro atoms. The van der Waals surface area contributed by atoms with E-state index < -0.39 is 0 Å². The number of hydrogen-bond donors (Lipinski definition) is 1. The molecule has 1 fully saturated rings. The number of rotatable bonds is 9. The van der Waals surface area contributed by atoms with Crippen LogP contribution in [0.1, 0.15) is 72.3 Å². The van der Waals surface area contributed by atoms with Crippen molar-refractivity contribution in [2.75, 3.05) is 25.5 Å². The zero-order valence-electron chi connectivity index (χ0n) is 20.9. The van der Waals surface area contributed by atoms with Crippen LogP contribution in [0.25, 0.3) is 10.1 Å². The number of nitrogens with zero attached hydrogens (tertiary/aromatic N) is 2. The first-order valence-corrected chi connectivity index (χ1v) is 13.4. The lowest BCUT2D eigenvalue weighted by atomic mass is 9.82. The van der Waals surface area contributed by atoms with Crippen LogP contribution in [-0.2, 0) is 9.53 Å². The van der Waals surface area contributed by atoms with Gasteiger partial charge in [-0.1, -0.05) is 19.3 Å². The molecule has 1 N–H and O–H groups in total. The molecular formula is C28H35N3O3S. The number of aromatic nitrogens is 1. The molecule has 0 bridgehead atoms. The Morgan fingerprint density at radius 3 is 2.60 bits per heavy atom. The van der Waals surface area contributed by atoms with Gasteiger partial charge in [-0.25, -0.2) is 0 Å². The van der Waals surface area contributed by atoms with Gasteiger partial charge >= 0.3 is 5.97 Å². The molecule has 1 aliphatic rings. The number of aryl methyl sites for hydroxylation is 1. The monoisotopic (exact) mass is 493 g/mol. The third kappa shape index (κ3) is 6.01. The summed E-state index contributed by atoms with van der Waals surface area (Å²) < 4.78 is 6.24. The van der Waals surface area contributed by atoms with Crippen molar-refractivity contribution in [3.63, 3.8) is 0 Å². The van der Waals surface area contributed by atoms with Gasteiger partial charge in [0, 0.05) is 52.2 Å². The van der Waals surface area contributed by atoms with E-state index in [9.17, 15) is 9.59 Å². The van der Waals surface area contributed by atoms with Crippen molar-refractivity contribution in [1.82, 2.24) is 9.88 Å². The maximum Gasteiger partial charge on any atom is 0.307 e. The zero-order chi connectivity index (χ0) is 24.8. The Morgan fingerprint density at radius 2 is 1.91 bits per heavy atom. The SMILES string of the molecule is CCOC(=O)CCN(C)C(=O)c1ccc(NC(c2sc3ccncc3c2C)C2CCCCC2)cc1. The highest BCUT2D eigenvalue weighted by Crippen LogP contribution is 2.43. The predicted molar refractivity (Wildman–Crippen MR) is 142 cm³/mol. The fourth-order valence-corrected chi connectivity index (χ4v) is 6.27. The molecule has 1 unspecified atom stereocenters. The maximum absolute atomic E-state index is 12.8. The minimum absolute atomic E-state index is 0.0995. The second kappa shape index (κ2) is 11.7. The third-order valence-corrected chi connectivity index (χ3v) is 8.29. The highest BCUT2D eigenvalue weighted by molar-refractivity contribution is 7.19. The number of carbonyl (C=O) groups excluding carboxylic acids is 2. The molecular weight excluding hydrogens is 458 g/mol. The highest BCUT2D eigenvalue weighted by atomic mass is 32.1. The summed E-state index contributed by atoms with van der Waals surface area (Å²) in [7, 11) is 1.71. The summed E-state index contributed by atoms with van der Waals surface area (Å²) >= 11 is 1.87. The van der Waals surface area contributed by atoms with Gasteiger partial charge in [0.1, 0.15) is 0 Å². The zero-order valence-corrected chi connectivity index (χ0v) is 21.7. The van der Waals surface area contributed by atoms with E-state index in [2.05, 4.69) is 23.3 Å². The van der Waals surface area contributed by atoms with E-state index in [-0.39, 0.29) is 24.3 Å². The van der Waals surface area contributed by atoms with Crippen LogP contribution in [0.5, 0.6) is 0 Å². The first-order chi connectivity index (χ1) is 17.0. The van der Waals surface area contributed by atoms with Crippen molar-refractivity contribution in [2.24, 2.45) is 5.92 Å². The number of nitrogens with one attached hydrogen (secondary N) is 1. The number of ether oxygens (including phenoxy) is 1. The van der Waals surface area contributed by atoms with Crippen molar-refractivity contribution in [3.05, 3.63) is 58.7 Å².